The molecule has 0 spiro atoms. The van der Waals surface area contributed by atoms with Crippen molar-refractivity contribution in [2.75, 3.05) is 6.73 Å². The summed E-state index contributed by atoms with van der Waals surface area (Å²) in [5.41, 5.74) is -28.8. The monoisotopic (exact) mass is 1190 g/mol. The number of hydrogen-bond acceptors (Lipinski definition) is 4. The number of hydrogen-bond donors (Lipinski definition) is 0. The summed E-state index contributed by atoms with van der Waals surface area (Å²) >= 11 is 0. The summed E-state index contributed by atoms with van der Waals surface area (Å²) in [7, 11) is 0. The van der Waals surface area contributed by atoms with Crippen molar-refractivity contribution in [1.82, 2.24) is 0 Å². The Labute approximate surface area is 436 Å². The summed E-state index contributed by atoms with van der Waals surface area (Å²) in [5.74, 6) is 0.192. The van der Waals surface area contributed by atoms with E-state index < -0.39 is 206 Å². The van der Waals surface area contributed by atoms with Crippen molar-refractivity contribution in [2.24, 2.45) is 0 Å². The Hall–Kier alpha value is -8.02. The normalized spacial score (nSPS) is 13.2. The Morgan fingerprint density at radius 3 is 0.975 bits per heavy atom. The molecule has 0 saturated carbocycles. The molecule has 0 aliphatic heterocycles. The molecule has 0 N–H and O–H groups in total. The van der Waals surface area contributed by atoms with Crippen LogP contribution in [0.4, 0.5) is 105 Å². The van der Waals surface area contributed by atoms with Crippen LogP contribution < -0.4 is 31.2 Å². The lowest BCUT2D eigenvalue weighted by Crippen LogP contribution is -2.75. The summed E-state index contributed by atoms with van der Waals surface area (Å²) in [5, 5.41) is 11.5. The molecule has 0 fully saturated rings. The molecule has 0 radical (unpaired) electrons. The first-order chi connectivity index (χ1) is 36.9. The number of rotatable bonds is 10. The van der Waals surface area contributed by atoms with Crippen LogP contribution in [0.5, 0.6) is 5.88 Å². The van der Waals surface area contributed by atoms with E-state index in [2.05, 4.69) is 0 Å². The Morgan fingerprint density at radius 1 is 0.407 bits per heavy atom. The number of ether oxygens (including phenoxy) is 1. The maximum absolute atomic E-state index is 14.2. The zero-order chi connectivity index (χ0) is 60.9. The zero-order valence-electron chi connectivity index (χ0n) is 39.4. The minimum atomic E-state index is -6.13. The second-order valence-electron chi connectivity index (χ2n) is 17.4. The number of benzene rings is 6. The molecule has 0 atom stereocenters. The predicted octanol–water partition coefficient (Wildman–Crippen LogP) is 13.8. The molecular formula is C50H27BF24N2O4. The van der Waals surface area contributed by atoms with E-state index in [0.717, 1.165) is 10.9 Å². The number of carbonyl (C=O) groups is 1. The fourth-order valence-corrected chi connectivity index (χ4v) is 8.58. The van der Waals surface area contributed by atoms with Gasteiger partial charge in [-0.3, -0.25) is 14.9 Å². The van der Waals surface area contributed by atoms with Gasteiger partial charge in [0.25, 0.3) is 0 Å². The fourth-order valence-electron chi connectivity index (χ4n) is 8.58. The molecule has 0 saturated heterocycles. The number of fused-ring (bicyclic) bond motifs is 1. The highest BCUT2D eigenvalue weighted by Gasteiger charge is 2.47. The highest BCUT2D eigenvalue weighted by atomic mass is 19.4. The van der Waals surface area contributed by atoms with E-state index >= 15 is 0 Å². The molecule has 0 unspecified atom stereocenters. The number of pyridine rings is 1. The smallest absolute Gasteiger partial charge is 0.378 e. The van der Waals surface area contributed by atoms with Crippen LogP contribution in [0.3, 0.4) is 0 Å². The fraction of sp³-hybridized carbons (Fsp3) is 0.200. The Bertz CT molecular complexity index is 3030. The molecule has 0 bridgehead atoms. The number of nitrogens with zero attached hydrogens (tertiary/aromatic N) is 2. The maximum atomic E-state index is 14.2. The van der Waals surface area contributed by atoms with Gasteiger partial charge in [0.2, 0.25) is 17.8 Å². The molecule has 1 aromatic heterocycles. The van der Waals surface area contributed by atoms with Gasteiger partial charge in [-0.15, -0.1) is 0 Å². The first-order valence-electron chi connectivity index (χ1n) is 22.0. The first-order valence-corrected chi connectivity index (χ1v) is 22.0. The van der Waals surface area contributed by atoms with Crippen LogP contribution in [0.15, 0.2) is 140 Å². The Morgan fingerprint density at radius 2 is 0.691 bits per heavy atom. The van der Waals surface area contributed by atoms with Gasteiger partial charge >= 0.3 is 62.0 Å². The summed E-state index contributed by atoms with van der Waals surface area (Å²) in [6.07, 6.45) is -54.8. The predicted molar refractivity (Wildman–Crippen MR) is 237 cm³/mol. The van der Waals surface area contributed by atoms with Gasteiger partial charge in [0.15, 0.2) is 0 Å². The SMILES string of the molecule is FC(F)(F)c1cc([B-](c2cc(C(F)(F)F)cc(C(F)(F)F)c2)(c2cc(C(F)(F)F)cc(C(F)(F)F)c2)c2cc(C(F)(F)F)cc(C(F)(F)F)c2)cc(C(F)(F)F)c1.O=C(C[n+]1c(OC[N+](=O)[O-])ccc2ccccc21)c1ccccc1. The van der Waals surface area contributed by atoms with Gasteiger partial charge < -0.3 is 4.74 Å². The van der Waals surface area contributed by atoms with Crippen molar-refractivity contribution in [2.45, 2.75) is 56.0 Å². The van der Waals surface area contributed by atoms with Crippen LogP contribution in [-0.4, -0.2) is 23.6 Å². The highest BCUT2D eigenvalue weighted by molar-refractivity contribution is 7.20. The van der Waals surface area contributed by atoms with Crippen LogP contribution in [0, 0.1) is 10.1 Å². The van der Waals surface area contributed by atoms with E-state index in [0.29, 0.717) is 5.56 Å². The van der Waals surface area contributed by atoms with Crippen LogP contribution in [0.2, 0.25) is 0 Å². The van der Waals surface area contributed by atoms with Gasteiger partial charge in [-0.1, -0.05) is 91.0 Å². The van der Waals surface area contributed by atoms with E-state index in [1.165, 1.54) is 0 Å². The summed E-state index contributed by atoms with van der Waals surface area (Å²) in [6.45, 7) is -0.615. The second-order valence-corrected chi connectivity index (χ2v) is 17.4. The lowest BCUT2D eigenvalue weighted by molar-refractivity contribution is -0.669. The van der Waals surface area contributed by atoms with Crippen LogP contribution in [0.1, 0.15) is 54.9 Å². The molecule has 7 aromatic rings. The standard InChI is InChI=1S/C32H12BF24.C18H15N2O4/c34-25(35,36)13-1-14(26(37,38)39)6-21(5-13)33(22-7-15(27(40,41)42)2-16(8-22)28(43,44)45,23-9-17(29(46,47)48)3-18(10-23)30(49,50)51)24-11-19(31(52,53)54)4-20(12-24)32(55,56)57;21-17(15-7-2-1-3-8-15)12-19-16-9-5-4-6-14(16)10-11-18(19)24-13-20(22)23/h1-12H;1-11H,12-13H2/q-1;+1. The van der Waals surface area contributed by atoms with Crippen molar-refractivity contribution in [3.8, 4) is 5.88 Å². The molecule has 432 valence electrons. The molecule has 1 heterocycles. The van der Waals surface area contributed by atoms with Crippen LogP contribution >= 0.6 is 0 Å². The summed E-state index contributed by atoms with van der Waals surface area (Å²) < 4.78 is 348. The number of Topliss-reactive ketones (excluding diaryl/α,β-unsaturated/α-hetero) is 1. The van der Waals surface area contributed by atoms with E-state index in [-0.39, 0.29) is 18.2 Å². The number of para-hydroxylation sites is 1. The average molecular weight is 1190 g/mol. The first kappa shape index (κ1) is 62.2. The van der Waals surface area contributed by atoms with Crippen molar-refractivity contribution in [3.63, 3.8) is 0 Å². The summed E-state index contributed by atoms with van der Waals surface area (Å²) in [4.78, 5) is 22.6. The molecule has 0 aliphatic rings. The number of alkyl halides is 24. The second kappa shape index (κ2) is 21.8. The van der Waals surface area contributed by atoms with E-state index in [9.17, 15) is 120 Å². The van der Waals surface area contributed by atoms with E-state index in [1.807, 2.05) is 36.4 Å². The number of nitro groups is 1. The molecule has 0 amide bonds. The number of halogens is 24. The Balaban J connectivity index is 0.000000363. The molecule has 7 rings (SSSR count). The van der Waals surface area contributed by atoms with Crippen molar-refractivity contribution < 1.29 is 124 Å². The van der Waals surface area contributed by atoms with Crippen molar-refractivity contribution in [3.05, 3.63) is 200 Å². The van der Waals surface area contributed by atoms with Gasteiger partial charge in [0.05, 0.1) is 55.5 Å². The summed E-state index contributed by atoms with van der Waals surface area (Å²) in [6, 6.07) is 11.1. The van der Waals surface area contributed by atoms with Gasteiger partial charge in [-0.25, -0.2) is 0 Å². The molecular weight excluding hydrogens is 1160 g/mol. The molecule has 31 heteroatoms. The van der Waals surface area contributed by atoms with Gasteiger partial charge in [0, 0.05) is 17.0 Å². The van der Waals surface area contributed by atoms with Gasteiger partial charge in [-0.2, -0.15) is 132 Å². The third kappa shape index (κ3) is 14.3. The van der Waals surface area contributed by atoms with Gasteiger partial charge in [0.1, 0.15) is 6.15 Å². The van der Waals surface area contributed by atoms with Crippen molar-refractivity contribution in [1.29, 1.82) is 0 Å². The van der Waals surface area contributed by atoms with Crippen molar-refractivity contribution >= 4 is 44.7 Å². The largest absolute Gasteiger partial charge is 0.416 e. The average Bonchev–Trinajstić information content (AvgIpc) is 3.34. The van der Waals surface area contributed by atoms with E-state index in [1.54, 1.807) is 34.9 Å². The topological polar surface area (TPSA) is 73.3 Å². The molecule has 6 nitrogen and oxygen atoms in total. The third-order valence-electron chi connectivity index (χ3n) is 12.1. The minimum absolute atomic E-state index is 0.0401. The number of carbonyl (C=O) groups excluding carboxylic acids is 1. The lowest BCUT2D eigenvalue weighted by Gasteiger charge is -2.46. The van der Waals surface area contributed by atoms with E-state index in [4.69, 9.17) is 4.74 Å². The number of ketones is 1. The van der Waals surface area contributed by atoms with Gasteiger partial charge in [-0.05, 0) is 36.4 Å². The number of aromatic nitrogens is 1. The zero-order valence-corrected chi connectivity index (χ0v) is 39.4. The lowest BCUT2D eigenvalue weighted by atomic mass is 9.12. The molecule has 0 aliphatic carbocycles. The Kier molecular flexibility index (Phi) is 16.7. The van der Waals surface area contributed by atoms with Crippen LogP contribution in [-0.2, 0) is 56.0 Å². The van der Waals surface area contributed by atoms with Crippen LogP contribution in [0.25, 0.3) is 10.9 Å². The minimum Gasteiger partial charge on any atom is -0.378 e. The molecule has 6 aromatic carbocycles. The highest BCUT2D eigenvalue weighted by Crippen LogP contribution is 2.41. The maximum Gasteiger partial charge on any atom is 0.416 e. The molecule has 81 heavy (non-hydrogen) atoms. The quantitative estimate of drug-likeness (QED) is 0.0260. The third-order valence-corrected chi connectivity index (χ3v) is 12.1.